The number of esters is 1. The molecule has 0 aliphatic carbocycles. The summed E-state index contributed by atoms with van der Waals surface area (Å²) in [4.78, 5) is 136. The molecule has 0 aromatic heterocycles. The van der Waals surface area contributed by atoms with Gasteiger partial charge >= 0.3 is 17.9 Å². The van der Waals surface area contributed by atoms with Crippen molar-refractivity contribution in [3.8, 4) is 0 Å². The standard InChI is InChI=1S/C52H91N7O13/c1-12-13-14-15-16-17-18-19-20-21-22-35-28-41(60)53-36(23-24-42(61)62)46(65)58-44(33(8)9)50(69)55-38(26-31(4)5)49(68)59-45(34(10)11)51(70)56-39(29-43(63)64)48(67)54-37(25-30(2)3)47(66)57-40(27-32(6)7)52(71)72-35/h30-40,44-45H,12-29H2,1-11H3,(H,53,60)(H,54,67)(H,55,69)(H,56,70)(H,57,66)(H,58,65)(H,59,68)(H,61,62)(H,63,64)/t35-,36-,37+,38+,39+,40+,44+,45+/m1/s1. The van der Waals surface area contributed by atoms with Crippen molar-refractivity contribution >= 4 is 59.3 Å². The lowest BCUT2D eigenvalue weighted by atomic mass is 9.97. The van der Waals surface area contributed by atoms with Crippen LogP contribution in [0.15, 0.2) is 0 Å². The Morgan fingerprint density at radius 2 is 0.861 bits per heavy atom. The lowest BCUT2D eigenvalue weighted by Crippen LogP contribution is -2.61. The Bertz CT molecular complexity index is 1770. The summed E-state index contributed by atoms with van der Waals surface area (Å²) in [6.45, 7) is 19.5. The molecule has 0 spiro atoms. The van der Waals surface area contributed by atoms with Crippen LogP contribution >= 0.6 is 0 Å². The maximum Gasteiger partial charge on any atom is 0.328 e. The molecule has 0 radical (unpaired) electrons. The summed E-state index contributed by atoms with van der Waals surface area (Å²) in [5.41, 5.74) is 0. The molecule has 8 atom stereocenters. The summed E-state index contributed by atoms with van der Waals surface area (Å²) in [5, 5.41) is 37.8. The third-order valence-electron chi connectivity index (χ3n) is 12.4. The third kappa shape index (κ3) is 26.4. The van der Waals surface area contributed by atoms with Gasteiger partial charge in [-0.2, -0.15) is 0 Å². The molecular weight excluding hydrogens is 931 g/mol. The average molecular weight is 1020 g/mol. The molecule has 412 valence electrons. The first-order valence-corrected chi connectivity index (χ1v) is 26.5. The maximum absolute atomic E-state index is 14.2. The molecule has 1 rings (SSSR count). The molecule has 0 bridgehead atoms. The quantitative estimate of drug-likeness (QED) is 0.0465. The van der Waals surface area contributed by atoms with E-state index in [1.807, 2.05) is 13.8 Å². The van der Waals surface area contributed by atoms with Gasteiger partial charge in [-0.25, -0.2) is 4.79 Å². The molecule has 9 N–H and O–H groups in total. The molecule has 0 aromatic carbocycles. The van der Waals surface area contributed by atoms with Gasteiger partial charge in [0.25, 0.3) is 0 Å². The zero-order valence-corrected chi connectivity index (χ0v) is 45.1. The Hall–Kier alpha value is -5.30. The first kappa shape index (κ1) is 64.7. The molecular formula is C52H91N7O13. The minimum absolute atomic E-state index is 0.0399. The second kappa shape index (κ2) is 34.2. The van der Waals surface area contributed by atoms with E-state index in [9.17, 15) is 58.2 Å². The van der Waals surface area contributed by atoms with Crippen molar-refractivity contribution in [2.24, 2.45) is 29.6 Å². The molecule has 1 saturated heterocycles. The molecule has 20 nitrogen and oxygen atoms in total. The van der Waals surface area contributed by atoms with E-state index in [-0.39, 0.29) is 49.9 Å². The van der Waals surface area contributed by atoms with Crippen molar-refractivity contribution in [1.29, 1.82) is 0 Å². The second-order valence-electron chi connectivity index (χ2n) is 21.5. The van der Waals surface area contributed by atoms with Crippen molar-refractivity contribution in [3.05, 3.63) is 0 Å². The van der Waals surface area contributed by atoms with E-state index in [1.54, 1.807) is 55.4 Å². The van der Waals surface area contributed by atoms with E-state index in [2.05, 4.69) is 44.1 Å². The number of unbranched alkanes of at least 4 members (excludes halogenated alkanes) is 9. The van der Waals surface area contributed by atoms with Gasteiger partial charge in [0.1, 0.15) is 48.4 Å². The summed E-state index contributed by atoms with van der Waals surface area (Å²) in [5.74, 6) is -11.2. The minimum atomic E-state index is -1.72. The molecule has 20 heteroatoms. The highest BCUT2D eigenvalue weighted by molar-refractivity contribution is 5.98. The number of rotatable bonds is 24. The van der Waals surface area contributed by atoms with Crippen molar-refractivity contribution < 1.29 is 62.9 Å². The van der Waals surface area contributed by atoms with Crippen LogP contribution in [0.2, 0.25) is 0 Å². The van der Waals surface area contributed by atoms with Gasteiger partial charge in [-0.1, -0.05) is 134 Å². The number of aliphatic carboxylic acids is 2. The highest BCUT2D eigenvalue weighted by atomic mass is 16.5. The summed E-state index contributed by atoms with van der Waals surface area (Å²) in [7, 11) is 0. The number of carboxylic acids is 2. The molecule has 7 amide bonds. The average Bonchev–Trinajstić information content (AvgIpc) is 3.26. The zero-order chi connectivity index (χ0) is 54.7. The number of carboxylic acid groups (broad SMARTS) is 2. The fraction of sp³-hybridized carbons (Fsp3) is 0.808. The predicted octanol–water partition coefficient (Wildman–Crippen LogP) is 4.80. The number of nitrogens with one attached hydrogen (secondary N) is 7. The SMILES string of the molecule is CCCCCCCCCCCC[C@@H]1CC(=O)N[C@H](CCC(=O)O)C(=O)N[C@@H](C(C)C)C(=O)N[C@@H](CC(C)C)C(=O)N[C@@H](C(C)C)C(=O)N[C@@H](CC(=O)O)C(=O)N[C@@H](CC(C)C)C(=O)N[C@@H](CC(C)C)C(=O)O1. The van der Waals surface area contributed by atoms with E-state index in [1.165, 1.54) is 19.3 Å². The first-order valence-electron chi connectivity index (χ1n) is 26.5. The van der Waals surface area contributed by atoms with Gasteiger partial charge in [0.2, 0.25) is 41.4 Å². The number of carbonyl (C=O) groups is 10. The summed E-state index contributed by atoms with van der Waals surface area (Å²) in [6.07, 6.45) is 7.43. The number of carbonyl (C=O) groups excluding carboxylic acids is 8. The van der Waals surface area contributed by atoms with E-state index in [0.717, 1.165) is 38.5 Å². The number of ether oxygens (including phenoxy) is 1. The third-order valence-corrected chi connectivity index (χ3v) is 12.4. The van der Waals surface area contributed by atoms with Crippen LogP contribution in [0.5, 0.6) is 0 Å². The fourth-order valence-electron chi connectivity index (χ4n) is 8.43. The topological polar surface area (TPSA) is 305 Å². The number of amides is 7. The molecule has 1 heterocycles. The Kier molecular flexibility index (Phi) is 30.7. The van der Waals surface area contributed by atoms with Gasteiger partial charge in [-0.05, 0) is 68.1 Å². The number of hydrogen-bond acceptors (Lipinski definition) is 11. The molecule has 1 aliphatic rings. The van der Waals surface area contributed by atoms with Crippen molar-refractivity contribution in [1.82, 2.24) is 37.2 Å². The monoisotopic (exact) mass is 1020 g/mol. The molecule has 0 aromatic rings. The Balaban J connectivity index is 3.92. The van der Waals surface area contributed by atoms with E-state index < -0.39 is 139 Å². The van der Waals surface area contributed by atoms with Gasteiger partial charge in [0, 0.05) is 6.42 Å². The van der Waals surface area contributed by atoms with Crippen molar-refractivity contribution in [2.75, 3.05) is 0 Å². The lowest BCUT2D eigenvalue weighted by Gasteiger charge is -2.30. The highest BCUT2D eigenvalue weighted by Crippen LogP contribution is 2.19. The van der Waals surface area contributed by atoms with E-state index in [0.29, 0.717) is 6.42 Å². The van der Waals surface area contributed by atoms with Crippen LogP contribution in [0, 0.1) is 29.6 Å². The van der Waals surface area contributed by atoms with Crippen molar-refractivity contribution in [3.63, 3.8) is 0 Å². The minimum Gasteiger partial charge on any atom is -0.481 e. The molecule has 0 unspecified atom stereocenters. The largest absolute Gasteiger partial charge is 0.481 e. The molecule has 1 fully saturated rings. The Labute approximate surface area is 428 Å². The maximum atomic E-state index is 14.2. The van der Waals surface area contributed by atoms with Crippen LogP contribution in [0.25, 0.3) is 0 Å². The zero-order valence-electron chi connectivity index (χ0n) is 45.1. The molecule has 0 saturated carbocycles. The smallest absolute Gasteiger partial charge is 0.328 e. The van der Waals surface area contributed by atoms with E-state index in [4.69, 9.17) is 4.74 Å². The van der Waals surface area contributed by atoms with Crippen LogP contribution in [0.3, 0.4) is 0 Å². The fourth-order valence-corrected chi connectivity index (χ4v) is 8.43. The molecule has 72 heavy (non-hydrogen) atoms. The van der Waals surface area contributed by atoms with Crippen LogP contribution in [0.1, 0.15) is 192 Å². The summed E-state index contributed by atoms with van der Waals surface area (Å²) >= 11 is 0. The van der Waals surface area contributed by atoms with Gasteiger partial charge in [0.15, 0.2) is 0 Å². The van der Waals surface area contributed by atoms with Gasteiger partial charge in [-0.15, -0.1) is 0 Å². The van der Waals surface area contributed by atoms with Gasteiger partial charge in [0.05, 0.1) is 12.8 Å². The summed E-state index contributed by atoms with van der Waals surface area (Å²) in [6, 6.07) is -9.67. The van der Waals surface area contributed by atoms with E-state index >= 15 is 0 Å². The normalized spacial score (nSPS) is 24.1. The Morgan fingerprint density at radius 1 is 0.472 bits per heavy atom. The van der Waals surface area contributed by atoms with Gasteiger partial charge in [-0.3, -0.25) is 43.2 Å². The van der Waals surface area contributed by atoms with Crippen LogP contribution in [0.4, 0.5) is 0 Å². The first-order chi connectivity index (χ1) is 33.7. The van der Waals surface area contributed by atoms with Crippen LogP contribution < -0.4 is 37.2 Å². The molecule has 1 aliphatic heterocycles. The second-order valence-corrected chi connectivity index (χ2v) is 21.5. The summed E-state index contributed by atoms with van der Waals surface area (Å²) < 4.78 is 6.03. The van der Waals surface area contributed by atoms with Crippen LogP contribution in [-0.4, -0.2) is 118 Å². The predicted molar refractivity (Wildman–Crippen MR) is 272 cm³/mol. The van der Waals surface area contributed by atoms with Crippen LogP contribution in [-0.2, 0) is 52.7 Å². The Morgan fingerprint density at radius 3 is 1.31 bits per heavy atom. The van der Waals surface area contributed by atoms with Gasteiger partial charge < -0.3 is 52.2 Å². The van der Waals surface area contributed by atoms with Crippen molar-refractivity contribution in [2.45, 2.75) is 240 Å². The number of cyclic esters (lactones) is 1. The highest BCUT2D eigenvalue weighted by Gasteiger charge is 2.37. The lowest BCUT2D eigenvalue weighted by molar-refractivity contribution is -0.155. The number of hydrogen-bond donors (Lipinski definition) is 9.